The predicted molar refractivity (Wildman–Crippen MR) is 127 cm³/mol. The summed E-state index contributed by atoms with van der Waals surface area (Å²) >= 11 is 1.50. The fraction of sp³-hybridized carbons (Fsp3) is 0.160. The molecule has 0 atom stereocenters. The minimum Gasteiger partial charge on any atom is -0.493 e. The van der Waals surface area contributed by atoms with Crippen LogP contribution in [0.1, 0.15) is 15.9 Å². The van der Waals surface area contributed by atoms with Crippen LogP contribution in [0.25, 0.3) is 20.8 Å². The maximum absolute atomic E-state index is 12.7. The summed E-state index contributed by atoms with van der Waals surface area (Å²) in [5.41, 5.74) is 2.74. The van der Waals surface area contributed by atoms with Crippen molar-refractivity contribution in [2.75, 3.05) is 20.8 Å². The second kappa shape index (κ2) is 10.1. The van der Waals surface area contributed by atoms with Gasteiger partial charge in [0.25, 0.3) is 5.91 Å². The van der Waals surface area contributed by atoms with Crippen LogP contribution in [0, 0.1) is 0 Å². The van der Waals surface area contributed by atoms with Crippen molar-refractivity contribution < 1.29 is 23.8 Å². The highest BCUT2D eigenvalue weighted by Crippen LogP contribution is 2.32. The van der Waals surface area contributed by atoms with E-state index in [0.29, 0.717) is 22.6 Å². The van der Waals surface area contributed by atoms with E-state index in [1.807, 2.05) is 42.5 Å². The minimum atomic E-state index is -0.578. The molecule has 168 valence electrons. The van der Waals surface area contributed by atoms with Crippen molar-refractivity contribution in [2.24, 2.45) is 0 Å². The molecule has 33 heavy (non-hydrogen) atoms. The molecule has 0 aliphatic rings. The molecule has 1 heterocycles. The first-order valence-corrected chi connectivity index (χ1v) is 11.0. The number of nitrogens with one attached hydrogen (secondary N) is 1. The summed E-state index contributed by atoms with van der Waals surface area (Å²) in [6, 6.07) is 20.2. The van der Waals surface area contributed by atoms with Crippen LogP contribution < -0.4 is 14.8 Å². The Morgan fingerprint density at radius 1 is 0.939 bits per heavy atom. The van der Waals surface area contributed by atoms with E-state index in [1.165, 1.54) is 11.3 Å². The van der Waals surface area contributed by atoms with Crippen LogP contribution in [0.3, 0.4) is 0 Å². The first-order valence-electron chi connectivity index (χ1n) is 10.2. The molecule has 0 saturated carbocycles. The number of esters is 1. The number of nitrogens with zero attached hydrogens (tertiary/aromatic N) is 1. The zero-order valence-electron chi connectivity index (χ0n) is 18.2. The molecule has 0 aliphatic carbocycles. The van der Waals surface area contributed by atoms with Gasteiger partial charge in [-0.05, 0) is 35.9 Å². The number of methoxy groups -OCH3 is 2. The summed E-state index contributed by atoms with van der Waals surface area (Å²) in [6.45, 7) is -0.126. The quantitative estimate of drug-likeness (QED) is 0.389. The molecule has 0 unspecified atom stereocenters. The summed E-state index contributed by atoms with van der Waals surface area (Å²) < 4.78 is 16.8. The van der Waals surface area contributed by atoms with E-state index < -0.39 is 11.9 Å². The maximum Gasteiger partial charge on any atom is 0.339 e. The summed E-state index contributed by atoms with van der Waals surface area (Å²) in [5.74, 6) is 0.192. The molecule has 0 spiro atoms. The monoisotopic (exact) mass is 462 g/mol. The molecule has 4 aromatic rings. The Morgan fingerprint density at radius 3 is 2.48 bits per heavy atom. The van der Waals surface area contributed by atoms with E-state index in [1.54, 1.807) is 38.5 Å². The zero-order chi connectivity index (χ0) is 23.2. The van der Waals surface area contributed by atoms with E-state index in [2.05, 4.69) is 10.3 Å². The number of fused-ring (bicyclic) bond motifs is 1. The lowest BCUT2D eigenvalue weighted by Crippen LogP contribution is -2.28. The molecule has 0 aliphatic heterocycles. The lowest BCUT2D eigenvalue weighted by atomic mass is 10.1. The van der Waals surface area contributed by atoms with Gasteiger partial charge in [0, 0.05) is 12.1 Å². The van der Waals surface area contributed by atoms with Crippen LogP contribution in [-0.2, 0) is 16.1 Å². The van der Waals surface area contributed by atoms with Gasteiger partial charge in [0.1, 0.15) is 5.01 Å². The van der Waals surface area contributed by atoms with Crippen LogP contribution in [0.5, 0.6) is 11.5 Å². The number of hydrogen-bond acceptors (Lipinski definition) is 7. The Hall–Kier alpha value is -3.91. The standard InChI is InChI=1S/C25H22N2O5S/c1-30-20-12-11-16(13-21(20)31-2)14-26-23(28)15-32-25(29)18-8-4-3-7-17(18)24-27-19-9-5-6-10-22(19)33-24/h3-13H,14-15H2,1-2H3,(H,26,28). The summed E-state index contributed by atoms with van der Waals surface area (Å²) in [5, 5.41) is 3.46. The molecule has 1 amide bonds. The molecule has 0 bridgehead atoms. The normalized spacial score (nSPS) is 10.6. The van der Waals surface area contributed by atoms with Crippen molar-refractivity contribution in [3.8, 4) is 22.1 Å². The molecule has 1 aromatic heterocycles. The highest BCUT2D eigenvalue weighted by molar-refractivity contribution is 7.21. The Balaban J connectivity index is 1.39. The number of aromatic nitrogens is 1. The Bertz CT molecular complexity index is 1270. The smallest absolute Gasteiger partial charge is 0.339 e. The van der Waals surface area contributed by atoms with Gasteiger partial charge in [-0.3, -0.25) is 4.79 Å². The average Bonchev–Trinajstić information content (AvgIpc) is 3.30. The average molecular weight is 463 g/mol. The number of amides is 1. The van der Waals surface area contributed by atoms with E-state index in [0.717, 1.165) is 20.8 Å². The summed E-state index contributed by atoms with van der Waals surface area (Å²) in [4.78, 5) is 29.6. The van der Waals surface area contributed by atoms with E-state index in [-0.39, 0.29) is 13.2 Å². The van der Waals surface area contributed by atoms with Gasteiger partial charge in [0.05, 0.1) is 30.0 Å². The van der Waals surface area contributed by atoms with Gasteiger partial charge >= 0.3 is 5.97 Å². The second-order valence-electron chi connectivity index (χ2n) is 7.07. The van der Waals surface area contributed by atoms with Crippen molar-refractivity contribution in [1.29, 1.82) is 0 Å². The third-order valence-corrected chi connectivity index (χ3v) is 6.01. The lowest BCUT2D eigenvalue weighted by molar-refractivity contribution is -0.124. The topological polar surface area (TPSA) is 86.8 Å². The molecular weight excluding hydrogens is 440 g/mol. The number of carbonyl (C=O) groups excluding carboxylic acids is 2. The molecule has 0 saturated heterocycles. The van der Waals surface area contributed by atoms with Crippen LogP contribution >= 0.6 is 11.3 Å². The number of hydrogen-bond donors (Lipinski definition) is 1. The van der Waals surface area contributed by atoms with E-state index >= 15 is 0 Å². The van der Waals surface area contributed by atoms with Gasteiger partial charge < -0.3 is 19.5 Å². The highest BCUT2D eigenvalue weighted by Gasteiger charge is 2.18. The highest BCUT2D eigenvalue weighted by atomic mass is 32.1. The second-order valence-corrected chi connectivity index (χ2v) is 8.11. The van der Waals surface area contributed by atoms with Crippen LogP contribution in [0.15, 0.2) is 66.7 Å². The predicted octanol–water partition coefficient (Wildman–Crippen LogP) is 4.45. The number of thiazole rings is 1. The van der Waals surface area contributed by atoms with Gasteiger partial charge in [-0.1, -0.05) is 36.4 Å². The van der Waals surface area contributed by atoms with Crippen molar-refractivity contribution in [1.82, 2.24) is 10.3 Å². The molecule has 0 fully saturated rings. The molecule has 3 aromatic carbocycles. The summed E-state index contributed by atoms with van der Waals surface area (Å²) in [7, 11) is 3.11. The van der Waals surface area contributed by atoms with Crippen molar-refractivity contribution in [2.45, 2.75) is 6.54 Å². The Morgan fingerprint density at radius 2 is 1.70 bits per heavy atom. The molecule has 0 radical (unpaired) electrons. The van der Waals surface area contributed by atoms with Gasteiger partial charge in [-0.2, -0.15) is 0 Å². The van der Waals surface area contributed by atoms with E-state index in [9.17, 15) is 9.59 Å². The first kappa shape index (κ1) is 22.3. The number of para-hydroxylation sites is 1. The maximum atomic E-state index is 12.7. The van der Waals surface area contributed by atoms with Gasteiger partial charge in [0.2, 0.25) is 0 Å². The number of ether oxygens (including phenoxy) is 3. The first-order chi connectivity index (χ1) is 16.1. The van der Waals surface area contributed by atoms with Gasteiger partial charge in [-0.25, -0.2) is 9.78 Å². The summed E-state index contributed by atoms with van der Waals surface area (Å²) in [6.07, 6.45) is 0. The zero-order valence-corrected chi connectivity index (χ0v) is 19.0. The van der Waals surface area contributed by atoms with Crippen molar-refractivity contribution >= 4 is 33.4 Å². The van der Waals surface area contributed by atoms with Crippen LogP contribution in [-0.4, -0.2) is 37.7 Å². The van der Waals surface area contributed by atoms with Crippen molar-refractivity contribution in [3.05, 3.63) is 77.9 Å². The third-order valence-electron chi connectivity index (χ3n) is 4.94. The Labute approximate surface area is 194 Å². The fourth-order valence-electron chi connectivity index (χ4n) is 3.29. The Kier molecular flexibility index (Phi) is 6.85. The van der Waals surface area contributed by atoms with Crippen LogP contribution in [0.2, 0.25) is 0 Å². The molecule has 8 heteroatoms. The lowest BCUT2D eigenvalue weighted by Gasteiger charge is -2.11. The number of rotatable bonds is 8. The molecular formula is C25H22N2O5S. The largest absolute Gasteiger partial charge is 0.493 e. The van der Waals surface area contributed by atoms with Gasteiger partial charge in [0.15, 0.2) is 18.1 Å². The van der Waals surface area contributed by atoms with Crippen molar-refractivity contribution in [3.63, 3.8) is 0 Å². The number of benzene rings is 3. The molecule has 1 N–H and O–H groups in total. The fourth-order valence-corrected chi connectivity index (χ4v) is 4.29. The minimum absolute atomic E-state index is 0.263. The van der Waals surface area contributed by atoms with Gasteiger partial charge in [-0.15, -0.1) is 11.3 Å². The molecule has 4 rings (SSSR count). The molecule has 7 nitrogen and oxygen atoms in total. The third kappa shape index (κ3) is 5.12. The SMILES string of the molecule is COc1ccc(CNC(=O)COC(=O)c2ccccc2-c2nc3ccccc3s2)cc1OC. The van der Waals surface area contributed by atoms with Crippen LogP contribution in [0.4, 0.5) is 0 Å². The van der Waals surface area contributed by atoms with E-state index in [4.69, 9.17) is 14.2 Å². The number of carbonyl (C=O) groups is 2.